The molecule has 1 fully saturated rings. The van der Waals surface area contributed by atoms with Gasteiger partial charge in [0.05, 0.1) is 17.6 Å². The zero-order valence-electron chi connectivity index (χ0n) is 20.2. The van der Waals surface area contributed by atoms with Gasteiger partial charge in [-0.15, -0.1) is 0 Å². The van der Waals surface area contributed by atoms with E-state index in [4.69, 9.17) is 13.9 Å². The Labute approximate surface area is 211 Å². The summed E-state index contributed by atoms with van der Waals surface area (Å²) in [6, 6.07) is 9.71. The molecule has 0 bridgehead atoms. The second kappa shape index (κ2) is 15.3. The number of nitrogens with zero attached hydrogens (tertiary/aromatic N) is 1. The number of amides is 2. The fourth-order valence-electron chi connectivity index (χ4n) is 3.81. The molecule has 2 aromatic rings. The van der Waals surface area contributed by atoms with Gasteiger partial charge in [-0.25, -0.2) is 0 Å². The normalized spacial score (nSPS) is 16.3. The molecule has 1 aromatic heterocycles. The molecule has 190 valence electrons. The van der Waals surface area contributed by atoms with E-state index in [0.717, 1.165) is 30.8 Å². The molecule has 2 heterocycles. The lowest BCUT2D eigenvalue weighted by atomic mass is 10.1. The molecule has 1 aliphatic rings. The number of furan rings is 1. The van der Waals surface area contributed by atoms with Crippen LogP contribution in [0.1, 0.15) is 35.2 Å². The average Bonchev–Trinajstić information content (AvgIpc) is 3.42. The van der Waals surface area contributed by atoms with Gasteiger partial charge in [0, 0.05) is 44.6 Å². The molecule has 0 aliphatic carbocycles. The number of methoxy groups -OCH3 is 1. The monoisotopic (exact) mass is 501 g/mol. The largest absolute Gasteiger partial charge is 0.489 e. The maximum atomic E-state index is 12.0. The molecule has 1 atom stereocenters. The van der Waals surface area contributed by atoms with Crippen molar-refractivity contribution in [2.75, 3.05) is 44.9 Å². The summed E-state index contributed by atoms with van der Waals surface area (Å²) in [6.45, 7) is 3.21. The maximum Gasteiger partial charge on any atom is 0.254 e. The fraction of sp³-hybridized carbons (Fsp3) is 0.462. The summed E-state index contributed by atoms with van der Waals surface area (Å²) in [4.78, 5) is 26.1. The zero-order valence-corrected chi connectivity index (χ0v) is 21.1. The topological polar surface area (TPSA) is 93.0 Å². The number of benzene rings is 1. The molecule has 1 aromatic carbocycles. The van der Waals surface area contributed by atoms with E-state index in [2.05, 4.69) is 21.6 Å². The summed E-state index contributed by atoms with van der Waals surface area (Å²) in [6.07, 6.45) is 10.3. The van der Waals surface area contributed by atoms with E-state index in [1.807, 2.05) is 30.4 Å². The van der Waals surface area contributed by atoms with Crippen molar-refractivity contribution in [2.24, 2.45) is 0 Å². The highest BCUT2D eigenvalue weighted by atomic mass is 32.2. The Kier molecular flexibility index (Phi) is 11.7. The third kappa shape index (κ3) is 9.43. The van der Waals surface area contributed by atoms with Crippen molar-refractivity contribution in [1.82, 2.24) is 15.5 Å². The van der Waals surface area contributed by atoms with Crippen molar-refractivity contribution in [3.05, 3.63) is 66.1 Å². The lowest BCUT2D eigenvalue weighted by Gasteiger charge is -2.34. The van der Waals surface area contributed by atoms with Gasteiger partial charge in [-0.05, 0) is 37.5 Å². The number of carbonyl (C=O) groups excluding carboxylic acids is 2. The van der Waals surface area contributed by atoms with Gasteiger partial charge < -0.3 is 24.5 Å². The summed E-state index contributed by atoms with van der Waals surface area (Å²) in [5.74, 6) is 1.66. The molecule has 0 radical (unpaired) electrons. The smallest absolute Gasteiger partial charge is 0.254 e. The lowest BCUT2D eigenvalue weighted by Crippen LogP contribution is -2.40. The molecule has 0 saturated carbocycles. The highest BCUT2D eigenvalue weighted by molar-refractivity contribution is 7.99. The Morgan fingerprint density at radius 3 is 2.91 bits per heavy atom. The lowest BCUT2D eigenvalue weighted by molar-refractivity contribution is -0.118. The first-order valence-electron chi connectivity index (χ1n) is 11.9. The minimum Gasteiger partial charge on any atom is -0.489 e. The van der Waals surface area contributed by atoms with E-state index >= 15 is 0 Å². The summed E-state index contributed by atoms with van der Waals surface area (Å²) in [5.41, 5.74) is 1.64. The Morgan fingerprint density at radius 1 is 1.20 bits per heavy atom. The average molecular weight is 502 g/mol. The van der Waals surface area contributed by atoms with E-state index in [1.165, 1.54) is 37.1 Å². The van der Waals surface area contributed by atoms with Gasteiger partial charge in [0.15, 0.2) is 0 Å². The van der Waals surface area contributed by atoms with E-state index in [9.17, 15) is 9.59 Å². The van der Waals surface area contributed by atoms with Crippen LogP contribution in [0.3, 0.4) is 0 Å². The molecule has 9 heteroatoms. The predicted octanol–water partition coefficient (Wildman–Crippen LogP) is 3.45. The van der Waals surface area contributed by atoms with Gasteiger partial charge in [-0.3, -0.25) is 14.5 Å². The third-order valence-electron chi connectivity index (χ3n) is 5.64. The number of carbonyl (C=O) groups is 2. The highest BCUT2D eigenvalue weighted by Crippen LogP contribution is 2.25. The Hall–Kier alpha value is -2.75. The molecule has 1 aliphatic heterocycles. The van der Waals surface area contributed by atoms with Crippen molar-refractivity contribution in [3.63, 3.8) is 0 Å². The van der Waals surface area contributed by atoms with Crippen LogP contribution in [0.5, 0.6) is 5.75 Å². The van der Waals surface area contributed by atoms with Crippen LogP contribution in [0, 0.1) is 0 Å². The molecule has 8 nitrogen and oxygen atoms in total. The number of nitrogens with one attached hydrogen (secondary N) is 2. The van der Waals surface area contributed by atoms with E-state index in [-0.39, 0.29) is 18.0 Å². The van der Waals surface area contributed by atoms with Crippen LogP contribution in [0.25, 0.3) is 0 Å². The highest BCUT2D eigenvalue weighted by Gasteiger charge is 2.22. The van der Waals surface area contributed by atoms with Gasteiger partial charge in [0.25, 0.3) is 5.91 Å². The summed E-state index contributed by atoms with van der Waals surface area (Å²) in [5, 5.41) is 5.64. The molecule has 3 rings (SSSR count). The summed E-state index contributed by atoms with van der Waals surface area (Å²) in [7, 11) is 1.78. The van der Waals surface area contributed by atoms with Crippen molar-refractivity contribution >= 4 is 23.6 Å². The summed E-state index contributed by atoms with van der Waals surface area (Å²) < 4.78 is 16.5. The molecule has 1 saturated heterocycles. The summed E-state index contributed by atoms with van der Waals surface area (Å²) >= 11 is 1.47. The van der Waals surface area contributed by atoms with Crippen LogP contribution in [0.15, 0.2) is 59.4 Å². The molecular formula is C26H35N3O5S. The van der Waals surface area contributed by atoms with Gasteiger partial charge in [-0.1, -0.05) is 24.3 Å². The zero-order chi connectivity index (χ0) is 24.7. The number of para-hydroxylation sites is 1. The first kappa shape index (κ1) is 26.8. The number of rotatable bonds is 14. The Bertz CT molecular complexity index is 935. The number of likely N-dealkylation sites (tertiary alicyclic amines) is 1. The molecule has 0 spiro atoms. The SMILES string of the molecule is COC1CCCCN1Cc1ccccc1OCC=CCNC(=O)CSCCNC(=O)c1ccoc1. The van der Waals surface area contributed by atoms with Crippen LogP contribution < -0.4 is 15.4 Å². The third-order valence-corrected chi connectivity index (χ3v) is 6.60. The fourth-order valence-corrected chi connectivity index (χ4v) is 4.49. The number of ether oxygens (including phenoxy) is 2. The van der Waals surface area contributed by atoms with Crippen LogP contribution in [0.2, 0.25) is 0 Å². The second-order valence-electron chi connectivity index (χ2n) is 8.17. The van der Waals surface area contributed by atoms with E-state index < -0.39 is 0 Å². The van der Waals surface area contributed by atoms with Gasteiger partial charge >= 0.3 is 0 Å². The molecule has 2 amide bonds. The van der Waals surface area contributed by atoms with Crippen molar-refractivity contribution in [1.29, 1.82) is 0 Å². The first-order valence-corrected chi connectivity index (χ1v) is 13.1. The Morgan fingerprint density at radius 2 is 2.09 bits per heavy atom. The standard InChI is InChI=1S/C26H35N3O5S/c1-32-25-10-4-6-14-29(25)18-21-8-2-3-9-23(21)34-15-7-5-12-27-24(30)20-35-17-13-28-26(31)22-11-16-33-19-22/h2-3,5,7-9,11,16,19,25H,4,6,10,12-15,17-18,20H2,1H3,(H,27,30)(H,28,31). The van der Waals surface area contributed by atoms with E-state index in [1.54, 1.807) is 13.2 Å². The predicted molar refractivity (Wildman–Crippen MR) is 138 cm³/mol. The van der Waals surface area contributed by atoms with Crippen LogP contribution in [-0.2, 0) is 16.1 Å². The van der Waals surface area contributed by atoms with Crippen LogP contribution in [0.4, 0.5) is 0 Å². The molecule has 35 heavy (non-hydrogen) atoms. The van der Waals surface area contributed by atoms with Gasteiger partial charge in [0.1, 0.15) is 24.8 Å². The second-order valence-corrected chi connectivity index (χ2v) is 9.28. The van der Waals surface area contributed by atoms with Gasteiger partial charge in [-0.2, -0.15) is 11.8 Å². The van der Waals surface area contributed by atoms with Gasteiger partial charge in [0.2, 0.25) is 5.91 Å². The molecule has 1 unspecified atom stereocenters. The minimum atomic E-state index is -0.176. The molecule has 2 N–H and O–H groups in total. The Balaban J connectivity index is 1.27. The van der Waals surface area contributed by atoms with Crippen LogP contribution in [-0.4, -0.2) is 67.8 Å². The number of hydrogen-bond donors (Lipinski definition) is 2. The van der Waals surface area contributed by atoms with Crippen molar-refractivity contribution in [3.8, 4) is 5.75 Å². The number of hydrogen-bond acceptors (Lipinski definition) is 7. The van der Waals surface area contributed by atoms with Crippen molar-refractivity contribution in [2.45, 2.75) is 32.0 Å². The molecular weight excluding hydrogens is 466 g/mol. The first-order chi connectivity index (χ1) is 17.2. The quantitative estimate of drug-likeness (QED) is 0.303. The maximum absolute atomic E-state index is 12.0. The minimum absolute atomic E-state index is 0.0405. The van der Waals surface area contributed by atoms with E-state index in [0.29, 0.717) is 36.8 Å². The van der Waals surface area contributed by atoms with Crippen molar-refractivity contribution < 1.29 is 23.5 Å². The number of piperidine rings is 1. The van der Waals surface area contributed by atoms with Crippen LogP contribution >= 0.6 is 11.8 Å². The number of thioether (sulfide) groups is 1.